The summed E-state index contributed by atoms with van der Waals surface area (Å²) in [5.41, 5.74) is 4.66. The predicted octanol–water partition coefficient (Wildman–Crippen LogP) is 5.27. The van der Waals surface area contributed by atoms with Gasteiger partial charge in [0, 0.05) is 24.2 Å². The van der Waals surface area contributed by atoms with Crippen LogP contribution in [-0.4, -0.2) is 6.54 Å². The molecule has 2 nitrogen and oxygen atoms in total. The maximum Gasteiger partial charge on any atom is 0.0824 e. The molecule has 0 N–H and O–H groups in total. The number of nitrogens with zero attached hydrogens (tertiary/aromatic N) is 2. The summed E-state index contributed by atoms with van der Waals surface area (Å²) in [5.74, 6) is -0.175. The van der Waals surface area contributed by atoms with E-state index in [9.17, 15) is 5.26 Å². The molecular formula is C24H22N2. The first-order valence-corrected chi connectivity index (χ1v) is 9.05. The molecule has 0 unspecified atom stereocenters. The van der Waals surface area contributed by atoms with Gasteiger partial charge in [0.1, 0.15) is 0 Å². The van der Waals surface area contributed by atoms with E-state index in [0.29, 0.717) is 0 Å². The molecule has 0 spiro atoms. The summed E-state index contributed by atoms with van der Waals surface area (Å²) in [6, 6.07) is 31.9. The number of rotatable bonds is 4. The van der Waals surface area contributed by atoms with E-state index >= 15 is 0 Å². The molecule has 0 aromatic heterocycles. The fourth-order valence-electron chi connectivity index (χ4n) is 4.22. The van der Waals surface area contributed by atoms with Gasteiger partial charge in [-0.3, -0.25) is 0 Å². The van der Waals surface area contributed by atoms with Gasteiger partial charge in [0.15, 0.2) is 0 Å². The third-order valence-electron chi connectivity index (χ3n) is 5.49. The average molecular weight is 338 g/mol. The van der Waals surface area contributed by atoms with Crippen molar-refractivity contribution in [3.63, 3.8) is 0 Å². The Bertz CT molecular complexity index is 927. The van der Waals surface area contributed by atoms with Gasteiger partial charge in [-0.25, -0.2) is 0 Å². The number of hydrogen-bond donors (Lipinski definition) is 0. The van der Waals surface area contributed by atoms with Gasteiger partial charge in [-0.05, 0) is 22.8 Å². The Morgan fingerprint density at radius 2 is 1.54 bits per heavy atom. The van der Waals surface area contributed by atoms with Crippen LogP contribution in [-0.2, 0) is 12.0 Å². The highest BCUT2D eigenvalue weighted by Crippen LogP contribution is 2.48. The van der Waals surface area contributed by atoms with Crippen LogP contribution in [0.15, 0.2) is 84.9 Å². The highest BCUT2D eigenvalue weighted by Gasteiger charge is 2.45. The van der Waals surface area contributed by atoms with Crippen LogP contribution in [0.4, 0.5) is 5.69 Å². The Hall–Kier alpha value is -3.05. The first kappa shape index (κ1) is 16.4. The number of benzene rings is 3. The molecule has 0 bridgehead atoms. The summed E-state index contributed by atoms with van der Waals surface area (Å²) >= 11 is 0. The van der Waals surface area contributed by atoms with Gasteiger partial charge in [-0.15, -0.1) is 0 Å². The van der Waals surface area contributed by atoms with Crippen LogP contribution < -0.4 is 4.90 Å². The van der Waals surface area contributed by atoms with E-state index in [1.807, 2.05) is 24.3 Å². The molecule has 3 aromatic carbocycles. The molecule has 4 rings (SSSR count). The lowest BCUT2D eigenvalue weighted by Crippen LogP contribution is -2.35. The second-order valence-corrected chi connectivity index (χ2v) is 7.25. The average Bonchev–Trinajstić information content (AvgIpc) is 2.97. The fourth-order valence-corrected chi connectivity index (χ4v) is 4.22. The van der Waals surface area contributed by atoms with Gasteiger partial charge in [-0.2, -0.15) is 5.26 Å². The summed E-state index contributed by atoms with van der Waals surface area (Å²) < 4.78 is 0. The summed E-state index contributed by atoms with van der Waals surface area (Å²) in [4.78, 5) is 2.41. The lowest BCUT2D eigenvalue weighted by molar-refractivity contribution is 0.453. The normalized spacial score (nSPS) is 19.6. The third-order valence-corrected chi connectivity index (χ3v) is 5.49. The van der Waals surface area contributed by atoms with Crippen LogP contribution in [0.2, 0.25) is 0 Å². The van der Waals surface area contributed by atoms with E-state index in [2.05, 4.69) is 78.6 Å². The van der Waals surface area contributed by atoms with E-state index in [4.69, 9.17) is 0 Å². The van der Waals surface area contributed by atoms with Crippen LogP contribution in [0.3, 0.4) is 0 Å². The molecule has 26 heavy (non-hydrogen) atoms. The molecule has 2 atom stereocenters. The molecule has 1 aliphatic rings. The molecule has 0 radical (unpaired) electrons. The van der Waals surface area contributed by atoms with Crippen LogP contribution in [0.5, 0.6) is 0 Å². The molecule has 1 aliphatic heterocycles. The lowest BCUT2D eigenvalue weighted by atomic mass is 9.71. The van der Waals surface area contributed by atoms with Crippen LogP contribution >= 0.6 is 0 Å². The van der Waals surface area contributed by atoms with E-state index in [0.717, 1.165) is 18.7 Å². The zero-order valence-electron chi connectivity index (χ0n) is 15.0. The van der Waals surface area contributed by atoms with Crippen molar-refractivity contribution in [2.45, 2.75) is 24.8 Å². The second kappa shape index (κ2) is 6.69. The molecule has 128 valence electrons. The molecule has 0 aliphatic carbocycles. The molecule has 0 saturated heterocycles. The van der Waals surface area contributed by atoms with Crippen molar-refractivity contribution in [2.24, 2.45) is 0 Å². The van der Waals surface area contributed by atoms with Gasteiger partial charge in [0.2, 0.25) is 0 Å². The van der Waals surface area contributed by atoms with E-state index in [1.165, 1.54) is 16.8 Å². The van der Waals surface area contributed by atoms with Gasteiger partial charge in [0.05, 0.1) is 12.0 Å². The summed E-state index contributed by atoms with van der Waals surface area (Å²) in [5, 5.41) is 10.0. The molecule has 2 heteroatoms. The maximum atomic E-state index is 10.0. The smallest absolute Gasteiger partial charge is 0.0824 e. The minimum atomic E-state index is -0.235. The monoisotopic (exact) mass is 338 g/mol. The Kier molecular flexibility index (Phi) is 4.22. The van der Waals surface area contributed by atoms with Crippen molar-refractivity contribution in [1.29, 1.82) is 5.26 Å². The van der Waals surface area contributed by atoms with Crippen LogP contribution in [0.1, 0.15) is 29.5 Å². The van der Waals surface area contributed by atoms with Crippen molar-refractivity contribution >= 4 is 5.69 Å². The number of para-hydroxylation sites is 1. The Morgan fingerprint density at radius 3 is 2.23 bits per heavy atom. The highest BCUT2D eigenvalue weighted by atomic mass is 15.2. The van der Waals surface area contributed by atoms with Crippen LogP contribution in [0, 0.1) is 11.3 Å². The first-order valence-electron chi connectivity index (χ1n) is 9.05. The predicted molar refractivity (Wildman–Crippen MR) is 106 cm³/mol. The Labute approximate surface area is 155 Å². The minimum absolute atomic E-state index is 0.175. The van der Waals surface area contributed by atoms with Crippen molar-refractivity contribution < 1.29 is 0 Å². The molecule has 0 amide bonds. The molecule has 0 fully saturated rings. The number of fused-ring (bicyclic) bond motifs is 1. The first-order chi connectivity index (χ1) is 12.7. The minimum Gasteiger partial charge on any atom is -0.366 e. The quantitative estimate of drug-likeness (QED) is 0.648. The molecular weight excluding hydrogens is 316 g/mol. The third kappa shape index (κ3) is 2.76. The standard InChI is InChI=1S/C24H22N2/c1-24(22(16-25)20-12-6-3-7-13-20)18-26(17-19-10-4-2-5-11-19)23-15-9-8-14-21(23)24/h2-15,22H,17-18H2,1H3/t22-,24-/m1/s1. The van der Waals surface area contributed by atoms with Crippen molar-refractivity contribution in [3.8, 4) is 6.07 Å². The Balaban J connectivity index is 1.75. The van der Waals surface area contributed by atoms with Crippen molar-refractivity contribution in [3.05, 3.63) is 102 Å². The van der Waals surface area contributed by atoms with Gasteiger partial charge < -0.3 is 4.90 Å². The number of hydrogen-bond acceptors (Lipinski definition) is 2. The Morgan fingerprint density at radius 1 is 0.923 bits per heavy atom. The summed E-state index contributed by atoms with van der Waals surface area (Å²) in [6.07, 6.45) is 0. The lowest BCUT2D eigenvalue weighted by Gasteiger charge is -2.31. The topological polar surface area (TPSA) is 27.0 Å². The van der Waals surface area contributed by atoms with E-state index in [1.54, 1.807) is 0 Å². The SMILES string of the molecule is C[C@@]1([C@H](C#N)c2ccccc2)CN(Cc2ccccc2)c2ccccc21. The van der Waals surface area contributed by atoms with Gasteiger partial charge in [0.25, 0.3) is 0 Å². The maximum absolute atomic E-state index is 10.0. The van der Waals surface area contributed by atoms with Crippen molar-refractivity contribution in [2.75, 3.05) is 11.4 Å². The number of anilines is 1. The zero-order valence-corrected chi connectivity index (χ0v) is 15.0. The van der Waals surface area contributed by atoms with Crippen LogP contribution in [0.25, 0.3) is 0 Å². The van der Waals surface area contributed by atoms with E-state index < -0.39 is 0 Å². The highest BCUT2D eigenvalue weighted by molar-refractivity contribution is 5.64. The molecule has 0 saturated carbocycles. The largest absolute Gasteiger partial charge is 0.366 e. The van der Waals surface area contributed by atoms with Gasteiger partial charge >= 0.3 is 0 Å². The zero-order chi connectivity index (χ0) is 18.0. The number of nitriles is 1. The second-order valence-electron chi connectivity index (χ2n) is 7.25. The fraction of sp³-hybridized carbons (Fsp3) is 0.208. The summed E-state index contributed by atoms with van der Waals surface area (Å²) in [7, 11) is 0. The molecule has 3 aromatic rings. The summed E-state index contributed by atoms with van der Waals surface area (Å²) in [6.45, 7) is 3.94. The van der Waals surface area contributed by atoms with Crippen molar-refractivity contribution in [1.82, 2.24) is 0 Å². The van der Waals surface area contributed by atoms with E-state index in [-0.39, 0.29) is 11.3 Å². The molecule has 1 heterocycles. The van der Waals surface area contributed by atoms with Gasteiger partial charge in [-0.1, -0.05) is 85.8 Å².